The van der Waals surface area contributed by atoms with E-state index in [1.165, 1.54) is 5.01 Å². The van der Waals surface area contributed by atoms with E-state index >= 15 is 0 Å². The van der Waals surface area contributed by atoms with Crippen LogP contribution < -0.4 is 5.32 Å². The van der Waals surface area contributed by atoms with Crippen molar-refractivity contribution in [1.82, 2.24) is 10.3 Å². The predicted octanol–water partition coefficient (Wildman–Crippen LogP) is 1.31. The first-order valence-electron chi connectivity index (χ1n) is 9.50. The Morgan fingerprint density at radius 3 is 2.81 bits per heavy atom. The fraction of sp³-hybridized carbons (Fsp3) is 0.550. The van der Waals surface area contributed by atoms with E-state index in [2.05, 4.69) is 10.4 Å². The normalized spacial score (nSPS) is 25.9. The van der Waals surface area contributed by atoms with Crippen molar-refractivity contribution in [2.75, 3.05) is 20.2 Å². The van der Waals surface area contributed by atoms with Crippen molar-refractivity contribution in [2.24, 2.45) is 11.0 Å². The molecule has 1 aromatic carbocycles. The second-order valence-corrected chi connectivity index (χ2v) is 7.07. The lowest BCUT2D eigenvalue weighted by atomic mass is 9.84. The quantitative estimate of drug-likeness (QED) is 0.786. The fourth-order valence-electron chi connectivity index (χ4n) is 3.65. The van der Waals surface area contributed by atoms with Gasteiger partial charge in [0.1, 0.15) is 0 Å². The highest BCUT2D eigenvalue weighted by atomic mass is 16.5. The number of carbonyl (C=O) groups is 2. The van der Waals surface area contributed by atoms with Gasteiger partial charge in [-0.05, 0) is 24.8 Å². The average molecular weight is 373 g/mol. The van der Waals surface area contributed by atoms with Gasteiger partial charge in [-0.25, -0.2) is 5.01 Å². The number of rotatable bonds is 6. The molecule has 0 bridgehead atoms. The number of carbonyl (C=O) groups excluding carboxylic acids is 2. The number of hydrogen-bond acceptors (Lipinski definition) is 5. The van der Waals surface area contributed by atoms with E-state index in [1.54, 1.807) is 7.11 Å². The standard InChI is InChI=1S/C20H27N3O4/c1-27-18-13-15(7-9-17(18)24)20(26)21-11-12-23-19(25)10-8-16(22-23)14-5-3-2-4-6-14/h2-6,15,17-18,24H,7-13H2,1H3,(H,21,26)/t15-,17+,18-/m1/s1. The maximum Gasteiger partial charge on any atom is 0.243 e. The molecule has 2 amide bonds. The maximum absolute atomic E-state index is 12.4. The molecule has 2 aliphatic rings. The SMILES string of the molecule is CO[C@@H]1C[C@H](C(=O)NCCN2N=C(c3ccccc3)CCC2=O)CC[C@@H]1O. The van der Waals surface area contributed by atoms with E-state index in [1.807, 2.05) is 30.3 Å². The van der Waals surface area contributed by atoms with Crippen molar-refractivity contribution in [2.45, 2.75) is 44.3 Å². The Bertz CT molecular complexity index is 692. The van der Waals surface area contributed by atoms with Gasteiger partial charge in [-0.1, -0.05) is 30.3 Å². The van der Waals surface area contributed by atoms with Gasteiger partial charge < -0.3 is 15.2 Å². The molecular formula is C20H27N3O4. The molecule has 1 aliphatic carbocycles. The van der Waals surface area contributed by atoms with Crippen molar-refractivity contribution >= 4 is 17.5 Å². The number of aliphatic hydroxyl groups excluding tert-OH is 1. The number of aliphatic hydroxyl groups is 1. The van der Waals surface area contributed by atoms with Gasteiger partial charge in [-0.15, -0.1) is 0 Å². The van der Waals surface area contributed by atoms with Crippen LogP contribution in [0.3, 0.4) is 0 Å². The first-order chi connectivity index (χ1) is 13.1. The number of methoxy groups -OCH3 is 1. The molecule has 0 saturated heterocycles. The molecule has 1 fully saturated rings. The highest BCUT2D eigenvalue weighted by Crippen LogP contribution is 2.26. The molecule has 7 heteroatoms. The summed E-state index contributed by atoms with van der Waals surface area (Å²) in [6.45, 7) is 0.705. The first-order valence-corrected chi connectivity index (χ1v) is 9.50. The number of hydrazone groups is 1. The van der Waals surface area contributed by atoms with Crippen molar-refractivity contribution in [3.63, 3.8) is 0 Å². The van der Waals surface area contributed by atoms with Crippen molar-refractivity contribution < 1.29 is 19.4 Å². The Labute approximate surface area is 159 Å². The molecule has 1 saturated carbocycles. The Morgan fingerprint density at radius 1 is 1.30 bits per heavy atom. The third-order valence-electron chi connectivity index (χ3n) is 5.27. The molecule has 3 rings (SSSR count). The first kappa shape index (κ1) is 19.5. The summed E-state index contributed by atoms with van der Waals surface area (Å²) in [5, 5.41) is 18.7. The molecule has 0 unspecified atom stereocenters. The minimum Gasteiger partial charge on any atom is -0.390 e. The molecule has 0 spiro atoms. The van der Waals surface area contributed by atoms with Gasteiger partial charge in [0.15, 0.2) is 0 Å². The lowest BCUT2D eigenvalue weighted by Gasteiger charge is -2.31. The van der Waals surface area contributed by atoms with E-state index in [0.29, 0.717) is 45.2 Å². The number of nitrogens with one attached hydrogen (secondary N) is 1. The summed E-state index contributed by atoms with van der Waals surface area (Å²) in [6.07, 6.45) is 1.99. The van der Waals surface area contributed by atoms with Crippen molar-refractivity contribution in [1.29, 1.82) is 0 Å². The Balaban J connectivity index is 1.51. The van der Waals surface area contributed by atoms with Crippen molar-refractivity contribution in [3.05, 3.63) is 35.9 Å². The molecule has 1 heterocycles. The minimum atomic E-state index is -0.504. The van der Waals surface area contributed by atoms with E-state index in [0.717, 1.165) is 11.3 Å². The number of hydrogen-bond donors (Lipinski definition) is 2. The molecule has 3 atom stereocenters. The lowest BCUT2D eigenvalue weighted by molar-refractivity contribution is -0.133. The third kappa shape index (κ3) is 4.93. The summed E-state index contributed by atoms with van der Waals surface area (Å²) in [6, 6.07) is 9.82. The predicted molar refractivity (Wildman–Crippen MR) is 101 cm³/mol. The highest BCUT2D eigenvalue weighted by Gasteiger charge is 2.33. The Kier molecular flexibility index (Phi) is 6.58. The van der Waals surface area contributed by atoms with Crippen LogP contribution in [0.2, 0.25) is 0 Å². The van der Waals surface area contributed by atoms with Gasteiger partial charge in [0.05, 0.1) is 24.5 Å². The molecular weight excluding hydrogens is 346 g/mol. The van der Waals surface area contributed by atoms with Gasteiger partial charge in [0, 0.05) is 32.4 Å². The van der Waals surface area contributed by atoms with Crippen LogP contribution in [0.15, 0.2) is 35.4 Å². The smallest absolute Gasteiger partial charge is 0.243 e. The van der Waals surface area contributed by atoms with Crippen LogP contribution in [0.5, 0.6) is 0 Å². The van der Waals surface area contributed by atoms with Gasteiger partial charge >= 0.3 is 0 Å². The minimum absolute atomic E-state index is 0.0239. The zero-order valence-corrected chi connectivity index (χ0v) is 15.6. The molecule has 2 N–H and O–H groups in total. The van der Waals surface area contributed by atoms with Crippen LogP contribution in [-0.2, 0) is 14.3 Å². The molecule has 146 valence electrons. The van der Waals surface area contributed by atoms with Crippen LogP contribution in [0.4, 0.5) is 0 Å². The summed E-state index contributed by atoms with van der Waals surface area (Å²) in [7, 11) is 1.55. The topological polar surface area (TPSA) is 91.2 Å². The van der Waals surface area contributed by atoms with Crippen LogP contribution in [0.1, 0.15) is 37.7 Å². The van der Waals surface area contributed by atoms with E-state index in [4.69, 9.17) is 4.74 Å². The van der Waals surface area contributed by atoms with Gasteiger partial charge in [0.25, 0.3) is 0 Å². The molecule has 0 aromatic heterocycles. The second-order valence-electron chi connectivity index (χ2n) is 7.07. The number of nitrogens with zero attached hydrogens (tertiary/aromatic N) is 2. The van der Waals surface area contributed by atoms with Crippen LogP contribution >= 0.6 is 0 Å². The lowest BCUT2D eigenvalue weighted by Crippen LogP contribution is -2.44. The van der Waals surface area contributed by atoms with E-state index < -0.39 is 6.10 Å². The molecule has 1 aromatic rings. The average Bonchev–Trinajstić information content (AvgIpc) is 2.70. The second kappa shape index (κ2) is 9.10. The zero-order chi connectivity index (χ0) is 19.2. The fourth-order valence-corrected chi connectivity index (χ4v) is 3.65. The van der Waals surface area contributed by atoms with Gasteiger partial charge in [-0.3, -0.25) is 9.59 Å². The highest BCUT2D eigenvalue weighted by molar-refractivity contribution is 6.04. The number of ether oxygens (including phenoxy) is 1. The molecule has 7 nitrogen and oxygen atoms in total. The van der Waals surface area contributed by atoms with Gasteiger partial charge in [0.2, 0.25) is 11.8 Å². The number of benzene rings is 1. The number of amides is 2. The molecule has 27 heavy (non-hydrogen) atoms. The zero-order valence-electron chi connectivity index (χ0n) is 15.6. The van der Waals surface area contributed by atoms with Crippen LogP contribution in [0, 0.1) is 5.92 Å². The summed E-state index contributed by atoms with van der Waals surface area (Å²) < 4.78 is 5.25. The maximum atomic E-state index is 12.4. The van der Waals surface area contributed by atoms with Gasteiger partial charge in [-0.2, -0.15) is 5.10 Å². The Morgan fingerprint density at radius 2 is 2.07 bits per heavy atom. The summed E-state index contributed by atoms with van der Waals surface area (Å²) in [4.78, 5) is 24.5. The largest absolute Gasteiger partial charge is 0.390 e. The summed E-state index contributed by atoms with van der Waals surface area (Å²) in [5.74, 6) is -0.247. The van der Waals surface area contributed by atoms with Crippen LogP contribution in [0.25, 0.3) is 0 Å². The van der Waals surface area contributed by atoms with E-state index in [9.17, 15) is 14.7 Å². The van der Waals surface area contributed by atoms with Crippen LogP contribution in [-0.4, -0.2) is 60.0 Å². The monoisotopic (exact) mass is 373 g/mol. The van der Waals surface area contributed by atoms with Crippen molar-refractivity contribution in [3.8, 4) is 0 Å². The third-order valence-corrected chi connectivity index (χ3v) is 5.27. The summed E-state index contributed by atoms with van der Waals surface area (Å²) >= 11 is 0. The summed E-state index contributed by atoms with van der Waals surface area (Å²) in [5.41, 5.74) is 1.91. The Hall–Kier alpha value is -2.25. The molecule has 1 aliphatic heterocycles. The van der Waals surface area contributed by atoms with E-state index in [-0.39, 0.29) is 23.8 Å². The molecule has 0 radical (unpaired) electrons.